The predicted octanol–water partition coefficient (Wildman–Crippen LogP) is 4.00. The minimum Gasteiger partial charge on any atom is -0.370 e. The summed E-state index contributed by atoms with van der Waals surface area (Å²) in [6.07, 6.45) is 4.96. The van der Waals surface area contributed by atoms with E-state index < -0.39 is 0 Å². The van der Waals surface area contributed by atoms with E-state index in [0.29, 0.717) is 5.95 Å². The second kappa shape index (κ2) is 8.47. The largest absolute Gasteiger partial charge is 0.370 e. The van der Waals surface area contributed by atoms with E-state index in [4.69, 9.17) is 11.6 Å². The van der Waals surface area contributed by atoms with Gasteiger partial charge in [-0.3, -0.25) is 0 Å². The van der Waals surface area contributed by atoms with Gasteiger partial charge in [-0.15, -0.1) is 0 Å². The van der Waals surface area contributed by atoms with Crippen molar-refractivity contribution in [1.29, 1.82) is 0 Å². The van der Waals surface area contributed by atoms with Crippen molar-refractivity contribution in [3.05, 3.63) is 47.1 Å². The third-order valence-corrected chi connectivity index (χ3v) is 3.31. The summed E-state index contributed by atoms with van der Waals surface area (Å²) in [6, 6.07) is 9.78. The van der Waals surface area contributed by atoms with Gasteiger partial charge in [0.15, 0.2) is 0 Å². The van der Waals surface area contributed by atoms with E-state index in [1.165, 1.54) is 12.0 Å². The summed E-state index contributed by atoms with van der Waals surface area (Å²) in [5, 5.41) is 7.30. The molecule has 0 amide bonds. The predicted molar refractivity (Wildman–Crippen MR) is 89.1 cm³/mol. The molecule has 2 N–H and O–H groups in total. The maximum absolute atomic E-state index is 5.97. The summed E-state index contributed by atoms with van der Waals surface area (Å²) in [4.78, 5) is 8.66. The standard InChI is InChI=1S/C16H21ClN4/c1-2-3-9-18-15-8-11-20-16(21-15)19-10-7-13-5-4-6-14(17)12-13/h4-6,8,11-12H,2-3,7,9-10H2,1H3,(H2,18,19,20,21). The molecule has 0 saturated heterocycles. The lowest BCUT2D eigenvalue weighted by molar-refractivity contribution is 0.830. The third-order valence-electron chi connectivity index (χ3n) is 3.08. The average molecular weight is 305 g/mol. The van der Waals surface area contributed by atoms with Gasteiger partial charge in [0.25, 0.3) is 0 Å². The van der Waals surface area contributed by atoms with Crippen molar-refractivity contribution in [2.24, 2.45) is 0 Å². The maximum Gasteiger partial charge on any atom is 0.224 e. The zero-order valence-corrected chi connectivity index (χ0v) is 13.0. The molecule has 1 aromatic carbocycles. The number of hydrogen-bond donors (Lipinski definition) is 2. The Balaban J connectivity index is 1.81. The first kappa shape index (κ1) is 15.6. The fraction of sp³-hybridized carbons (Fsp3) is 0.375. The molecule has 2 aromatic rings. The molecule has 0 aliphatic carbocycles. The summed E-state index contributed by atoms with van der Waals surface area (Å²) in [5.41, 5.74) is 1.20. The van der Waals surface area contributed by atoms with Crippen LogP contribution in [0.1, 0.15) is 25.3 Å². The molecular weight excluding hydrogens is 284 g/mol. The molecule has 112 valence electrons. The second-order valence-corrected chi connectivity index (χ2v) is 5.29. The molecular formula is C16H21ClN4. The topological polar surface area (TPSA) is 49.8 Å². The highest BCUT2D eigenvalue weighted by Gasteiger charge is 1.99. The Labute approximate surface area is 131 Å². The molecule has 0 spiro atoms. The number of anilines is 2. The molecule has 0 aliphatic heterocycles. The Morgan fingerprint density at radius 1 is 1.14 bits per heavy atom. The fourth-order valence-electron chi connectivity index (χ4n) is 1.95. The van der Waals surface area contributed by atoms with Crippen molar-refractivity contribution in [3.8, 4) is 0 Å². The van der Waals surface area contributed by atoms with Gasteiger partial charge in [-0.1, -0.05) is 37.1 Å². The number of nitrogens with one attached hydrogen (secondary N) is 2. The first-order valence-electron chi connectivity index (χ1n) is 7.33. The van der Waals surface area contributed by atoms with Crippen LogP contribution in [-0.4, -0.2) is 23.1 Å². The van der Waals surface area contributed by atoms with Gasteiger partial charge in [-0.2, -0.15) is 4.98 Å². The van der Waals surface area contributed by atoms with Crippen molar-refractivity contribution in [2.75, 3.05) is 23.7 Å². The van der Waals surface area contributed by atoms with Gasteiger partial charge < -0.3 is 10.6 Å². The molecule has 1 aromatic heterocycles. The van der Waals surface area contributed by atoms with Gasteiger partial charge in [0.1, 0.15) is 5.82 Å². The number of aromatic nitrogens is 2. The van der Waals surface area contributed by atoms with Gasteiger partial charge in [-0.25, -0.2) is 4.98 Å². The summed E-state index contributed by atoms with van der Waals surface area (Å²) < 4.78 is 0. The van der Waals surface area contributed by atoms with Gasteiger partial charge in [0.05, 0.1) is 0 Å². The number of halogens is 1. The van der Waals surface area contributed by atoms with Crippen LogP contribution >= 0.6 is 11.6 Å². The zero-order valence-electron chi connectivity index (χ0n) is 12.3. The Morgan fingerprint density at radius 3 is 2.86 bits per heavy atom. The molecule has 0 aliphatic rings. The van der Waals surface area contributed by atoms with Crippen LogP contribution in [0.2, 0.25) is 5.02 Å². The van der Waals surface area contributed by atoms with Crippen molar-refractivity contribution in [1.82, 2.24) is 9.97 Å². The van der Waals surface area contributed by atoms with Gasteiger partial charge in [0.2, 0.25) is 5.95 Å². The van der Waals surface area contributed by atoms with Crippen LogP contribution in [0, 0.1) is 0 Å². The monoisotopic (exact) mass is 304 g/mol. The quantitative estimate of drug-likeness (QED) is 0.724. The molecule has 0 unspecified atom stereocenters. The van der Waals surface area contributed by atoms with E-state index in [0.717, 1.165) is 36.8 Å². The lowest BCUT2D eigenvalue weighted by atomic mass is 10.1. The number of hydrogen-bond acceptors (Lipinski definition) is 4. The third kappa shape index (κ3) is 5.60. The first-order valence-corrected chi connectivity index (χ1v) is 7.71. The number of unbranched alkanes of at least 4 members (excludes halogenated alkanes) is 1. The summed E-state index contributed by atoms with van der Waals surface area (Å²) in [5.74, 6) is 1.52. The van der Waals surface area contributed by atoms with E-state index in [1.54, 1.807) is 6.20 Å². The van der Waals surface area contributed by atoms with Crippen molar-refractivity contribution in [2.45, 2.75) is 26.2 Å². The molecule has 0 atom stereocenters. The van der Waals surface area contributed by atoms with Crippen LogP contribution in [0.3, 0.4) is 0 Å². The number of rotatable bonds is 8. The Kier molecular flexibility index (Phi) is 6.28. The van der Waals surface area contributed by atoms with E-state index in [1.807, 2.05) is 24.3 Å². The molecule has 1 heterocycles. The lowest BCUT2D eigenvalue weighted by Crippen LogP contribution is -2.10. The minimum atomic E-state index is 0.651. The zero-order chi connectivity index (χ0) is 14.9. The van der Waals surface area contributed by atoms with E-state index >= 15 is 0 Å². The van der Waals surface area contributed by atoms with E-state index in [2.05, 4.69) is 33.6 Å². The summed E-state index contributed by atoms with van der Waals surface area (Å²) in [6.45, 7) is 3.89. The first-order chi connectivity index (χ1) is 10.3. The molecule has 2 rings (SSSR count). The fourth-order valence-corrected chi connectivity index (χ4v) is 2.16. The van der Waals surface area contributed by atoms with Gasteiger partial charge >= 0.3 is 0 Å². The van der Waals surface area contributed by atoms with Crippen LogP contribution in [-0.2, 0) is 6.42 Å². The number of nitrogens with zero attached hydrogens (tertiary/aromatic N) is 2. The highest BCUT2D eigenvalue weighted by Crippen LogP contribution is 2.11. The molecule has 0 radical (unpaired) electrons. The van der Waals surface area contributed by atoms with E-state index in [9.17, 15) is 0 Å². The highest BCUT2D eigenvalue weighted by molar-refractivity contribution is 6.30. The average Bonchev–Trinajstić information content (AvgIpc) is 2.48. The van der Waals surface area contributed by atoms with Crippen LogP contribution in [0.15, 0.2) is 36.5 Å². The molecule has 0 saturated carbocycles. The van der Waals surface area contributed by atoms with Crippen LogP contribution in [0.25, 0.3) is 0 Å². The van der Waals surface area contributed by atoms with Gasteiger partial charge in [0, 0.05) is 24.3 Å². The molecule has 4 nitrogen and oxygen atoms in total. The van der Waals surface area contributed by atoms with Crippen LogP contribution in [0.5, 0.6) is 0 Å². The molecule has 0 bridgehead atoms. The minimum absolute atomic E-state index is 0.651. The maximum atomic E-state index is 5.97. The molecule has 5 heteroatoms. The van der Waals surface area contributed by atoms with Crippen molar-refractivity contribution in [3.63, 3.8) is 0 Å². The Hall–Kier alpha value is -1.81. The normalized spacial score (nSPS) is 10.4. The van der Waals surface area contributed by atoms with Gasteiger partial charge in [-0.05, 0) is 36.6 Å². The smallest absolute Gasteiger partial charge is 0.224 e. The Bertz CT molecular complexity index is 559. The van der Waals surface area contributed by atoms with Crippen LogP contribution in [0.4, 0.5) is 11.8 Å². The van der Waals surface area contributed by atoms with Crippen molar-refractivity contribution < 1.29 is 0 Å². The van der Waals surface area contributed by atoms with E-state index in [-0.39, 0.29) is 0 Å². The molecule has 21 heavy (non-hydrogen) atoms. The summed E-state index contributed by atoms with van der Waals surface area (Å²) in [7, 11) is 0. The van der Waals surface area contributed by atoms with Crippen LogP contribution < -0.4 is 10.6 Å². The van der Waals surface area contributed by atoms with Crippen molar-refractivity contribution >= 4 is 23.4 Å². The second-order valence-electron chi connectivity index (χ2n) is 4.85. The highest BCUT2D eigenvalue weighted by atomic mass is 35.5. The summed E-state index contributed by atoms with van der Waals surface area (Å²) >= 11 is 5.97. The Morgan fingerprint density at radius 2 is 2.05 bits per heavy atom. The number of benzene rings is 1. The lowest BCUT2D eigenvalue weighted by Gasteiger charge is -2.08. The SMILES string of the molecule is CCCCNc1ccnc(NCCc2cccc(Cl)c2)n1. The molecule has 0 fully saturated rings.